The summed E-state index contributed by atoms with van der Waals surface area (Å²) in [5.41, 5.74) is 7.16. The smallest absolute Gasteiger partial charge is 0.266 e. The van der Waals surface area contributed by atoms with Gasteiger partial charge in [-0.1, -0.05) is 34.6 Å². The van der Waals surface area contributed by atoms with Crippen molar-refractivity contribution in [3.05, 3.63) is 41.0 Å². The molecule has 0 saturated heterocycles. The van der Waals surface area contributed by atoms with Crippen LogP contribution < -0.4 is 20.8 Å². The van der Waals surface area contributed by atoms with Gasteiger partial charge >= 0.3 is 0 Å². The number of rotatable bonds is 5. The Hall–Kier alpha value is -4.09. The molecule has 0 aliphatic rings. The fourth-order valence-corrected chi connectivity index (χ4v) is 3.78. The number of carbonyl (C=O) groups excluding carboxylic acids is 1. The minimum absolute atomic E-state index is 0.0275. The third-order valence-electron chi connectivity index (χ3n) is 4.48. The minimum atomic E-state index is -0.831. The van der Waals surface area contributed by atoms with Crippen molar-refractivity contribution in [3.8, 4) is 29.3 Å². The Kier molecular flexibility index (Phi) is 6.09. The van der Waals surface area contributed by atoms with E-state index in [9.17, 15) is 20.4 Å². The predicted molar refractivity (Wildman–Crippen MR) is 109 cm³/mol. The molecule has 0 radical (unpaired) electrons. The molecule has 3 rings (SSSR count). The summed E-state index contributed by atoms with van der Waals surface area (Å²) in [6.45, 7) is 3.52. The molecular weight excluding hydrogens is 418 g/mol. The molecule has 1 aromatic carbocycles. The number of amides is 1. The van der Waals surface area contributed by atoms with E-state index in [0.717, 1.165) is 22.0 Å². The van der Waals surface area contributed by atoms with E-state index in [2.05, 4.69) is 20.1 Å². The van der Waals surface area contributed by atoms with Gasteiger partial charge in [-0.25, -0.2) is 4.98 Å². The lowest BCUT2D eigenvalue weighted by atomic mass is 10.0. The molecule has 1 amide bonds. The normalized spacial score (nSPS) is 11.4. The number of nitrogens with zero attached hydrogens (tertiary/aromatic N) is 5. The zero-order chi connectivity index (χ0) is 22.7. The molecule has 3 N–H and O–H groups in total. The zero-order valence-electron chi connectivity index (χ0n) is 16.8. The number of nitrogen functional groups attached to an aromatic ring is 1. The maximum Gasteiger partial charge on any atom is 0.266 e. The Bertz CT molecular complexity index is 1240. The number of carbonyl (C=O) groups is 1. The lowest BCUT2D eigenvalue weighted by Crippen LogP contribution is -2.32. The first kappa shape index (κ1) is 21.6. The minimum Gasteiger partial charge on any atom is -0.539 e. The van der Waals surface area contributed by atoms with Gasteiger partial charge in [0.2, 0.25) is 5.91 Å². The quantitative estimate of drug-likeness (QED) is 0.444. The molecule has 10 nitrogen and oxygen atoms in total. The summed E-state index contributed by atoms with van der Waals surface area (Å²) in [5, 5.41) is 37.3. The molecule has 0 aliphatic carbocycles. The highest BCUT2D eigenvalue weighted by Gasteiger charge is 2.30. The summed E-state index contributed by atoms with van der Waals surface area (Å²) in [4.78, 5) is 16.8. The van der Waals surface area contributed by atoms with Crippen molar-refractivity contribution in [1.82, 2.24) is 10.3 Å². The van der Waals surface area contributed by atoms with E-state index in [1.54, 1.807) is 13.0 Å². The number of hydrogen-bond acceptors (Lipinski definition) is 9. The highest BCUT2D eigenvalue weighted by Crippen LogP contribution is 2.38. The van der Waals surface area contributed by atoms with Crippen molar-refractivity contribution in [2.24, 2.45) is 7.05 Å². The van der Waals surface area contributed by atoms with Crippen molar-refractivity contribution < 1.29 is 19.1 Å². The van der Waals surface area contributed by atoms with Gasteiger partial charge in [0.05, 0.1) is 21.6 Å². The third kappa shape index (κ3) is 4.13. The molecule has 0 bridgehead atoms. The number of pyridine rings is 1. The van der Waals surface area contributed by atoms with Gasteiger partial charge in [0.15, 0.2) is 13.0 Å². The van der Waals surface area contributed by atoms with Gasteiger partial charge in [0, 0.05) is 5.69 Å². The van der Waals surface area contributed by atoms with Gasteiger partial charge in [-0.3, -0.25) is 4.79 Å². The molecule has 2 heterocycles. The number of nitrogens with one attached hydrogen (secondary N) is 1. The summed E-state index contributed by atoms with van der Waals surface area (Å²) in [6.07, 6.45) is 0. The Labute approximate surface area is 181 Å². The summed E-state index contributed by atoms with van der Waals surface area (Å²) < 4.78 is 5.74. The molecule has 31 heavy (non-hydrogen) atoms. The lowest BCUT2D eigenvalue weighted by Gasteiger charge is -2.15. The van der Waals surface area contributed by atoms with Crippen LogP contribution in [0, 0.1) is 29.6 Å². The average Bonchev–Trinajstić information content (AvgIpc) is 3.07. The Morgan fingerprint density at radius 2 is 2.00 bits per heavy atom. The molecule has 11 heteroatoms. The molecule has 0 fully saturated rings. The number of benzene rings is 1. The van der Waals surface area contributed by atoms with Gasteiger partial charge in [0.25, 0.3) is 5.69 Å². The fourth-order valence-electron chi connectivity index (χ4n) is 2.87. The number of nitriles is 2. The van der Waals surface area contributed by atoms with Crippen molar-refractivity contribution >= 4 is 29.2 Å². The van der Waals surface area contributed by atoms with E-state index in [1.807, 2.05) is 37.3 Å². The van der Waals surface area contributed by atoms with Gasteiger partial charge in [-0.2, -0.15) is 10.5 Å². The Balaban J connectivity index is 2.02. The average molecular weight is 435 g/mol. The first-order chi connectivity index (χ1) is 14.8. The van der Waals surface area contributed by atoms with Crippen LogP contribution in [0.3, 0.4) is 0 Å². The fraction of sp³-hybridized carbons (Fsp3) is 0.200. The van der Waals surface area contributed by atoms with Gasteiger partial charge in [-0.05, 0) is 25.5 Å². The van der Waals surface area contributed by atoms with E-state index in [-0.39, 0.29) is 39.1 Å². The molecule has 1 unspecified atom stereocenters. The van der Waals surface area contributed by atoms with E-state index in [1.165, 1.54) is 7.05 Å². The molecule has 0 spiro atoms. The highest BCUT2D eigenvalue weighted by molar-refractivity contribution is 8.00. The molecule has 2 aromatic heterocycles. The van der Waals surface area contributed by atoms with Crippen LogP contribution in [0.1, 0.15) is 23.6 Å². The van der Waals surface area contributed by atoms with Crippen LogP contribution in [0.4, 0.5) is 11.5 Å². The maximum atomic E-state index is 12.7. The van der Waals surface area contributed by atoms with Crippen LogP contribution in [0.25, 0.3) is 11.3 Å². The van der Waals surface area contributed by atoms with Crippen LogP contribution in [0.15, 0.2) is 33.8 Å². The van der Waals surface area contributed by atoms with Crippen LogP contribution in [-0.2, 0) is 11.8 Å². The van der Waals surface area contributed by atoms with E-state index in [0.29, 0.717) is 5.69 Å². The van der Waals surface area contributed by atoms with E-state index >= 15 is 0 Å². The van der Waals surface area contributed by atoms with Crippen molar-refractivity contribution in [3.63, 3.8) is 0 Å². The Morgan fingerprint density at radius 3 is 2.58 bits per heavy atom. The number of para-hydroxylation sites is 1. The maximum absolute atomic E-state index is 12.7. The topological polar surface area (TPSA) is 169 Å². The number of thioether (sulfide) groups is 1. The molecule has 3 aromatic rings. The van der Waals surface area contributed by atoms with Gasteiger partial charge in [0.1, 0.15) is 28.5 Å². The largest absolute Gasteiger partial charge is 0.539 e. The number of aryl methyl sites for hydroxylation is 2. The predicted octanol–water partition coefficient (Wildman–Crippen LogP) is 1.39. The second-order valence-electron chi connectivity index (χ2n) is 6.55. The first-order valence-electron chi connectivity index (χ1n) is 8.98. The first-order valence-corrected chi connectivity index (χ1v) is 9.86. The van der Waals surface area contributed by atoms with E-state index in [4.69, 9.17) is 5.73 Å². The van der Waals surface area contributed by atoms with Crippen LogP contribution in [-0.4, -0.2) is 21.4 Å². The summed E-state index contributed by atoms with van der Waals surface area (Å²) in [5.74, 6) is -1.32. The number of nitrogens with two attached hydrogens (primary N) is 1. The number of anilines is 2. The van der Waals surface area contributed by atoms with Crippen molar-refractivity contribution in [2.75, 3.05) is 11.1 Å². The molecule has 0 saturated carbocycles. The molecule has 1 atom stereocenters. The zero-order valence-corrected chi connectivity index (χ0v) is 17.6. The van der Waals surface area contributed by atoms with Crippen LogP contribution in [0.5, 0.6) is 5.95 Å². The van der Waals surface area contributed by atoms with Crippen molar-refractivity contribution in [1.29, 1.82) is 10.5 Å². The lowest BCUT2D eigenvalue weighted by molar-refractivity contribution is -0.730. The summed E-state index contributed by atoms with van der Waals surface area (Å²) in [6, 6.07) is 11.2. The highest BCUT2D eigenvalue weighted by atomic mass is 32.2. The standard InChI is InChI=1S/C20H17N7O3S/c1-10-6-4-5-7-14(10)24-18(28)11(2)31-19-13(9-22)15(12(8-21)17(23)25-19)16-20(29)30-26-27(16)3/h4-7,11H,1-3H3,(H3-,23,24,25,26,28,29). The summed E-state index contributed by atoms with van der Waals surface area (Å²) >= 11 is 0.987. The van der Waals surface area contributed by atoms with E-state index < -0.39 is 11.2 Å². The molecule has 156 valence electrons. The third-order valence-corrected chi connectivity index (χ3v) is 5.56. The van der Waals surface area contributed by atoms with Crippen molar-refractivity contribution in [2.45, 2.75) is 24.1 Å². The van der Waals surface area contributed by atoms with Crippen LogP contribution in [0.2, 0.25) is 0 Å². The number of hydrogen-bond donors (Lipinski definition) is 2. The second-order valence-corrected chi connectivity index (χ2v) is 7.88. The second kappa shape index (κ2) is 8.73. The molecular formula is C20H17N7O3S. The number of aromatic nitrogens is 3. The monoisotopic (exact) mass is 435 g/mol. The SMILES string of the molecule is Cc1ccccc1NC(=O)C(C)Sc1nc(N)c(C#N)c(-c2c([O-])on[n+]2C)c1C#N. The van der Waals surface area contributed by atoms with Crippen LogP contribution >= 0.6 is 11.8 Å². The summed E-state index contributed by atoms with van der Waals surface area (Å²) in [7, 11) is 1.43. The Morgan fingerprint density at radius 1 is 1.32 bits per heavy atom. The van der Waals surface area contributed by atoms with Gasteiger partial charge < -0.3 is 20.7 Å². The molecule has 0 aliphatic heterocycles. The van der Waals surface area contributed by atoms with Gasteiger partial charge in [-0.15, -0.1) is 0 Å².